The smallest absolute Gasteiger partial charge is 0.236 e. The third kappa shape index (κ3) is 3.43. The van der Waals surface area contributed by atoms with Crippen molar-refractivity contribution >= 4 is 5.91 Å². The molecule has 0 saturated heterocycles. The van der Waals surface area contributed by atoms with Gasteiger partial charge in [-0.3, -0.25) is 10.1 Å². The Morgan fingerprint density at radius 1 is 1.39 bits per heavy atom. The molecule has 18 heavy (non-hydrogen) atoms. The van der Waals surface area contributed by atoms with Crippen molar-refractivity contribution in [3.05, 3.63) is 29.6 Å². The lowest BCUT2D eigenvalue weighted by Gasteiger charge is -2.19. The van der Waals surface area contributed by atoms with Gasteiger partial charge >= 0.3 is 0 Å². The van der Waals surface area contributed by atoms with E-state index in [1.807, 2.05) is 6.92 Å². The molecule has 2 N–H and O–H groups in total. The van der Waals surface area contributed by atoms with E-state index in [1.165, 1.54) is 13.2 Å². The van der Waals surface area contributed by atoms with Crippen molar-refractivity contribution in [3.63, 3.8) is 0 Å². The molecule has 0 fully saturated rings. The van der Waals surface area contributed by atoms with Crippen LogP contribution in [0, 0.1) is 5.82 Å². The fourth-order valence-corrected chi connectivity index (χ4v) is 1.72. The summed E-state index contributed by atoms with van der Waals surface area (Å²) in [6.45, 7) is 3.63. The van der Waals surface area contributed by atoms with Crippen molar-refractivity contribution < 1.29 is 13.9 Å². The van der Waals surface area contributed by atoms with Crippen molar-refractivity contribution in [3.8, 4) is 5.75 Å². The predicted molar refractivity (Wildman–Crippen MR) is 68.0 cm³/mol. The van der Waals surface area contributed by atoms with Crippen molar-refractivity contribution in [2.45, 2.75) is 25.9 Å². The van der Waals surface area contributed by atoms with Crippen LogP contribution in [0.2, 0.25) is 0 Å². The fourth-order valence-electron chi connectivity index (χ4n) is 1.72. The number of likely N-dealkylation sites (N-methyl/N-ethyl adjacent to an activating group) is 1. The van der Waals surface area contributed by atoms with Crippen LogP contribution < -0.4 is 15.4 Å². The first-order valence-corrected chi connectivity index (χ1v) is 5.80. The van der Waals surface area contributed by atoms with E-state index in [2.05, 4.69) is 10.6 Å². The van der Waals surface area contributed by atoms with Gasteiger partial charge in [0.2, 0.25) is 5.91 Å². The second kappa shape index (κ2) is 6.35. The lowest BCUT2D eigenvalue weighted by Crippen LogP contribution is -2.41. The SMILES string of the molecule is CNC(=O)C(C)NC(C)c1ccc(OC)c(F)c1. The molecule has 0 aromatic heterocycles. The number of methoxy groups -OCH3 is 1. The molecular formula is C13H19FN2O2. The standard InChI is InChI=1S/C13H19FN2O2/c1-8(16-9(2)13(17)15-3)10-5-6-12(18-4)11(14)7-10/h5-9,16H,1-4H3,(H,15,17). The average Bonchev–Trinajstić information content (AvgIpc) is 2.37. The molecule has 100 valence electrons. The van der Waals surface area contributed by atoms with Gasteiger partial charge < -0.3 is 10.1 Å². The first-order chi connectivity index (χ1) is 8.49. The number of halogens is 1. The fraction of sp³-hybridized carbons (Fsp3) is 0.462. The minimum atomic E-state index is -0.406. The third-order valence-electron chi connectivity index (χ3n) is 2.82. The van der Waals surface area contributed by atoms with Gasteiger partial charge in [0, 0.05) is 13.1 Å². The van der Waals surface area contributed by atoms with Crippen molar-refractivity contribution in [1.82, 2.24) is 10.6 Å². The van der Waals surface area contributed by atoms with Crippen LogP contribution in [0.5, 0.6) is 5.75 Å². The maximum atomic E-state index is 13.5. The molecule has 2 atom stereocenters. The van der Waals surface area contributed by atoms with E-state index >= 15 is 0 Å². The molecule has 2 unspecified atom stereocenters. The molecule has 0 aliphatic carbocycles. The molecule has 5 heteroatoms. The van der Waals surface area contributed by atoms with Crippen LogP contribution in [0.1, 0.15) is 25.5 Å². The highest BCUT2D eigenvalue weighted by molar-refractivity contribution is 5.80. The quantitative estimate of drug-likeness (QED) is 0.839. The maximum Gasteiger partial charge on any atom is 0.236 e. The number of hydrogen-bond acceptors (Lipinski definition) is 3. The van der Waals surface area contributed by atoms with Crippen LogP contribution >= 0.6 is 0 Å². The topological polar surface area (TPSA) is 50.4 Å². The molecule has 0 spiro atoms. The highest BCUT2D eigenvalue weighted by Gasteiger charge is 2.16. The van der Waals surface area contributed by atoms with E-state index in [4.69, 9.17) is 4.74 Å². The first-order valence-electron chi connectivity index (χ1n) is 5.80. The van der Waals surface area contributed by atoms with Crippen LogP contribution in [0.25, 0.3) is 0 Å². The number of benzene rings is 1. The molecule has 0 heterocycles. The van der Waals surface area contributed by atoms with Gasteiger partial charge in [0.1, 0.15) is 0 Å². The molecular weight excluding hydrogens is 235 g/mol. The van der Waals surface area contributed by atoms with Gasteiger partial charge in [-0.25, -0.2) is 4.39 Å². The number of hydrogen-bond donors (Lipinski definition) is 2. The monoisotopic (exact) mass is 254 g/mol. The van der Waals surface area contributed by atoms with Gasteiger partial charge in [0.05, 0.1) is 13.2 Å². The minimum Gasteiger partial charge on any atom is -0.494 e. The summed E-state index contributed by atoms with van der Waals surface area (Å²) in [5.74, 6) is -0.294. The Morgan fingerprint density at radius 2 is 2.06 bits per heavy atom. The Morgan fingerprint density at radius 3 is 2.56 bits per heavy atom. The normalized spacial score (nSPS) is 13.8. The summed E-state index contributed by atoms with van der Waals surface area (Å²) in [7, 11) is 3.01. The summed E-state index contributed by atoms with van der Waals surface area (Å²) in [4.78, 5) is 11.4. The largest absolute Gasteiger partial charge is 0.494 e. The van der Waals surface area contributed by atoms with E-state index in [0.717, 1.165) is 5.56 Å². The average molecular weight is 254 g/mol. The number of ether oxygens (including phenoxy) is 1. The van der Waals surface area contributed by atoms with E-state index in [0.29, 0.717) is 0 Å². The highest BCUT2D eigenvalue weighted by atomic mass is 19.1. The molecule has 0 saturated carbocycles. The van der Waals surface area contributed by atoms with Gasteiger partial charge in [-0.1, -0.05) is 6.07 Å². The van der Waals surface area contributed by atoms with Crippen LogP contribution in [-0.4, -0.2) is 26.1 Å². The minimum absolute atomic E-state index is 0.101. The second-order valence-electron chi connectivity index (χ2n) is 4.12. The molecule has 0 aliphatic heterocycles. The van der Waals surface area contributed by atoms with Crippen LogP contribution in [0.4, 0.5) is 4.39 Å². The zero-order valence-corrected chi connectivity index (χ0v) is 11.1. The van der Waals surface area contributed by atoms with Crippen molar-refractivity contribution in [1.29, 1.82) is 0 Å². The zero-order valence-electron chi connectivity index (χ0n) is 11.1. The summed E-state index contributed by atoms with van der Waals surface area (Å²) < 4.78 is 18.4. The van der Waals surface area contributed by atoms with E-state index in [-0.39, 0.29) is 23.7 Å². The molecule has 0 aliphatic rings. The number of carbonyl (C=O) groups is 1. The lowest BCUT2D eigenvalue weighted by molar-refractivity contribution is -0.122. The summed E-state index contributed by atoms with van der Waals surface area (Å²) >= 11 is 0. The van der Waals surface area contributed by atoms with Crippen molar-refractivity contribution in [2.75, 3.05) is 14.2 Å². The van der Waals surface area contributed by atoms with Gasteiger partial charge in [-0.05, 0) is 31.5 Å². The summed E-state index contributed by atoms with van der Waals surface area (Å²) in [5, 5.41) is 5.65. The van der Waals surface area contributed by atoms with Crippen LogP contribution in [0.3, 0.4) is 0 Å². The second-order valence-corrected chi connectivity index (χ2v) is 4.12. The Balaban J connectivity index is 2.75. The highest BCUT2D eigenvalue weighted by Crippen LogP contribution is 2.21. The van der Waals surface area contributed by atoms with Gasteiger partial charge in [0.25, 0.3) is 0 Å². The zero-order chi connectivity index (χ0) is 13.7. The summed E-state index contributed by atoms with van der Waals surface area (Å²) in [6.07, 6.45) is 0. The summed E-state index contributed by atoms with van der Waals surface area (Å²) in [5.41, 5.74) is 0.768. The number of rotatable bonds is 5. The Hall–Kier alpha value is -1.62. The number of nitrogens with one attached hydrogen (secondary N) is 2. The molecule has 4 nitrogen and oxygen atoms in total. The third-order valence-corrected chi connectivity index (χ3v) is 2.82. The predicted octanol–water partition coefficient (Wildman–Crippen LogP) is 1.62. The van der Waals surface area contributed by atoms with E-state index in [1.54, 1.807) is 26.1 Å². The summed E-state index contributed by atoms with van der Waals surface area (Å²) in [6, 6.07) is 4.30. The van der Waals surface area contributed by atoms with Crippen LogP contribution in [0.15, 0.2) is 18.2 Å². The molecule has 1 aromatic carbocycles. The molecule has 0 bridgehead atoms. The van der Waals surface area contributed by atoms with Gasteiger partial charge in [-0.2, -0.15) is 0 Å². The Bertz CT molecular complexity index is 423. The molecule has 0 radical (unpaired) electrons. The molecule has 1 amide bonds. The van der Waals surface area contributed by atoms with Crippen molar-refractivity contribution in [2.24, 2.45) is 0 Å². The Labute approximate surface area is 107 Å². The molecule has 1 rings (SSSR count). The van der Waals surface area contributed by atoms with E-state index < -0.39 is 5.82 Å². The van der Waals surface area contributed by atoms with Crippen LogP contribution in [-0.2, 0) is 4.79 Å². The number of carbonyl (C=O) groups excluding carboxylic acids is 1. The van der Waals surface area contributed by atoms with Gasteiger partial charge in [-0.15, -0.1) is 0 Å². The van der Waals surface area contributed by atoms with Gasteiger partial charge in [0.15, 0.2) is 11.6 Å². The Kier molecular flexibility index (Phi) is 5.09. The molecule has 1 aromatic rings. The lowest BCUT2D eigenvalue weighted by atomic mass is 10.1. The number of amides is 1. The first kappa shape index (κ1) is 14.4. The maximum absolute atomic E-state index is 13.5. The van der Waals surface area contributed by atoms with E-state index in [9.17, 15) is 9.18 Å².